The Morgan fingerprint density at radius 3 is 2.23 bits per heavy atom. The van der Waals surface area contributed by atoms with Gasteiger partial charge in [0.2, 0.25) is 0 Å². The summed E-state index contributed by atoms with van der Waals surface area (Å²) in [6.45, 7) is 3.39. The largest absolute Gasteiger partial charge is 0.360 e. The van der Waals surface area contributed by atoms with E-state index < -0.39 is 0 Å². The highest BCUT2D eigenvalue weighted by atomic mass is 16.7. The average Bonchev–Trinajstić information content (AvgIpc) is 3.20. The van der Waals surface area contributed by atoms with Crippen LogP contribution in [0.2, 0.25) is 0 Å². The van der Waals surface area contributed by atoms with Crippen LogP contribution in [0, 0.1) is 6.92 Å². The van der Waals surface area contributed by atoms with Gasteiger partial charge >= 0.3 is 0 Å². The third-order valence-corrected chi connectivity index (χ3v) is 5.10. The van der Waals surface area contributed by atoms with Crippen LogP contribution in [0.5, 0.6) is 0 Å². The molecule has 1 saturated heterocycles. The molecule has 0 radical (unpaired) electrons. The van der Waals surface area contributed by atoms with E-state index in [2.05, 4.69) is 41.6 Å². The zero-order valence-electron chi connectivity index (χ0n) is 12.9. The average molecular weight is 299 g/mol. The summed E-state index contributed by atoms with van der Waals surface area (Å²) in [4.78, 5) is 0. The van der Waals surface area contributed by atoms with Crippen molar-refractivity contribution in [2.75, 3.05) is 13.2 Å². The summed E-state index contributed by atoms with van der Waals surface area (Å²) in [7, 11) is 0. The van der Waals surface area contributed by atoms with Crippen molar-refractivity contribution in [1.29, 1.82) is 0 Å². The first-order valence-corrected chi connectivity index (χ1v) is 8.00. The van der Waals surface area contributed by atoms with Gasteiger partial charge in [-0.1, -0.05) is 35.5 Å². The molecule has 22 heavy (non-hydrogen) atoms. The van der Waals surface area contributed by atoms with Gasteiger partial charge in [0.05, 0.1) is 24.3 Å². The topological polar surface area (TPSA) is 44.5 Å². The Morgan fingerprint density at radius 1 is 0.955 bits per heavy atom. The van der Waals surface area contributed by atoms with E-state index in [0.717, 1.165) is 37.1 Å². The van der Waals surface area contributed by atoms with E-state index in [4.69, 9.17) is 14.0 Å². The normalized spacial score (nSPS) is 23.0. The van der Waals surface area contributed by atoms with Crippen molar-refractivity contribution in [2.24, 2.45) is 0 Å². The van der Waals surface area contributed by atoms with E-state index in [1.165, 1.54) is 5.56 Å². The molecule has 0 atom stereocenters. The van der Waals surface area contributed by atoms with Gasteiger partial charge in [-0.05, 0) is 25.3 Å². The van der Waals surface area contributed by atoms with Crippen LogP contribution < -0.4 is 0 Å². The highest BCUT2D eigenvalue weighted by Crippen LogP contribution is 2.50. The molecule has 116 valence electrons. The molecule has 1 saturated carbocycles. The molecule has 4 nitrogen and oxygen atoms in total. The van der Waals surface area contributed by atoms with Crippen molar-refractivity contribution in [3.05, 3.63) is 53.4 Å². The monoisotopic (exact) mass is 299 g/mol. The molecular weight excluding hydrogens is 278 g/mol. The molecule has 0 unspecified atom stereocenters. The Bertz CT molecular complexity index is 633. The van der Waals surface area contributed by atoms with Crippen molar-refractivity contribution in [1.82, 2.24) is 5.16 Å². The summed E-state index contributed by atoms with van der Waals surface area (Å²) in [5, 5.41) is 4.11. The Morgan fingerprint density at radius 2 is 1.64 bits per heavy atom. The molecule has 1 aliphatic heterocycles. The Hall–Kier alpha value is -1.65. The number of aryl methyl sites for hydroxylation is 1. The van der Waals surface area contributed by atoms with Gasteiger partial charge in [0, 0.05) is 18.9 Å². The van der Waals surface area contributed by atoms with Crippen LogP contribution in [-0.2, 0) is 14.9 Å². The van der Waals surface area contributed by atoms with Gasteiger partial charge in [-0.3, -0.25) is 0 Å². The van der Waals surface area contributed by atoms with Crippen LogP contribution in [-0.4, -0.2) is 24.2 Å². The first-order chi connectivity index (χ1) is 10.7. The second-order valence-electron chi connectivity index (χ2n) is 6.39. The minimum atomic E-state index is -0.368. The fraction of sp³-hybridized carbons (Fsp3) is 0.500. The summed E-state index contributed by atoms with van der Waals surface area (Å²) in [5.74, 6) is 0.594. The van der Waals surface area contributed by atoms with Crippen molar-refractivity contribution in [2.45, 2.75) is 43.8 Å². The maximum atomic E-state index is 5.88. The molecule has 2 heterocycles. The molecular formula is C18H21NO3. The predicted molar refractivity (Wildman–Crippen MR) is 81.6 cm³/mol. The zero-order chi connectivity index (χ0) is 15.0. The van der Waals surface area contributed by atoms with Crippen LogP contribution in [0.4, 0.5) is 0 Å². The second-order valence-corrected chi connectivity index (χ2v) is 6.39. The Labute approximate surface area is 130 Å². The van der Waals surface area contributed by atoms with Gasteiger partial charge in [-0.2, -0.15) is 0 Å². The van der Waals surface area contributed by atoms with E-state index in [1.807, 2.05) is 6.92 Å². The second kappa shape index (κ2) is 5.21. The molecule has 1 spiro atoms. The number of aromatic nitrogens is 1. The zero-order valence-corrected chi connectivity index (χ0v) is 12.9. The summed E-state index contributed by atoms with van der Waals surface area (Å²) in [6, 6.07) is 12.7. The number of hydrogen-bond acceptors (Lipinski definition) is 4. The predicted octanol–water partition coefficient (Wildman–Crippen LogP) is 3.59. The van der Waals surface area contributed by atoms with Crippen molar-refractivity contribution in [3.8, 4) is 0 Å². The first kappa shape index (κ1) is 14.0. The van der Waals surface area contributed by atoms with Crippen LogP contribution in [0.3, 0.4) is 0 Å². The van der Waals surface area contributed by atoms with Crippen molar-refractivity contribution in [3.63, 3.8) is 0 Å². The lowest BCUT2D eigenvalue weighted by Crippen LogP contribution is -2.42. The maximum Gasteiger partial charge on any atom is 0.168 e. The molecule has 2 aliphatic rings. The number of ether oxygens (including phenoxy) is 2. The molecule has 1 aliphatic carbocycles. The van der Waals surface area contributed by atoms with Crippen molar-refractivity contribution < 1.29 is 14.0 Å². The molecule has 2 fully saturated rings. The van der Waals surface area contributed by atoms with Crippen LogP contribution in [0.1, 0.15) is 42.7 Å². The first-order valence-electron chi connectivity index (χ1n) is 8.00. The molecule has 0 amide bonds. The third-order valence-electron chi connectivity index (χ3n) is 5.10. The van der Waals surface area contributed by atoms with Crippen molar-refractivity contribution >= 4 is 0 Å². The van der Waals surface area contributed by atoms with Crippen LogP contribution >= 0.6 is 0 Å². The molecule has 0 bridgehead atoms. The van der Waals surface area contributed by atoms with Crippen LogP contribution in [0.15, 0.2) is 40.9 Å². The number of hydrogen-bond donors (Lipinski definition) is 0. The van der Waals surface area contributed by atoms with Crippen LogP contribution in [0.25, 0.3) is 0 Å². The number of benzene rings is 1. The highest BCUT2D eigenvalue weighted by Gasteiger charge is 2.49. The molecule has 1 aromatic carbocycles. The Balaban J connectivity index is 1.71. The third kappa shape index (κ3) is 2.18. The lowest BCUT2D eigenvalue weighted by molar-refractivity contribution is -0.183. The van der Waals surface area contributed by atoms with Gasteiger partial charge in [-0.15, -0.1) is 0 Å². The molecule has 2 aromatic rings. The summed E-state index contributed by atoms with van der Waals surface area (Å²) < 4.78 is 17.4. The highest BCUT2D eigenvalue weighted by molar-refractivity contribution is 5.36. The SMILES string of the molecule is Cc1cc(C2(c3ccccc3)CCC3(CC2)OCCO3)on1. The van der Waals surface area contributed by atoms with E-state index in [-0.39, 0.29) is 11.2 Å². The smallest absolute Gasteiger partial charge is 0.168 e. The summed E-state index contributed by atoms with van der Waals surface area (Å²) in [6.07, 6.45) is 3.68. The fourth-order valence-corrected chi connectivity index (χ4v) is 3.87. The van der Waals surface area contributed by atoms with Gasteiger partial charge in [0.15, 0.2) is 5.79 Å². The van der Waals surface area contributed by atoms with Gasteiger partial charge in [-0.25, -0.2) is 0 Å². The lowest BCUT2D eigenvalue weighted by Gasteiger charge is -2.42. The molecule has 4 heteroatoms. The van der Waals surface area contributed by atoms with Gasteiger partial charge in [0.1, 0.15) is 5.76 Å². The number of rotatable bonds is 2. The quantitative estimate of drug-likeness (QED) is 0.850. The van der Waals surface area contributed by atoms with E-state index in [0.29, 0.717) is 13.2 Å². The lowest BCUT2D eigenvalue weighted by atomic mass is 9.66. The van der Waals surface area contributed by atoms with Gasteiger partial charge in [0.25, 0.3) is 0 Å². The minimum absolute atomic E-state index is 0.122. The van der Waals surface area contributed by atoms with E-state index >= 15 is 0 Å². The maximum absolute atomic E-state index is 5.88. The standard InChI is InChI=1S/C18H21NO3/c1-14-13-16(22-19-14)17(15-5-3-2-4-6-15)7-9-18(10-8-17)20-11-12-21-18/h2-6,13H,7-12H2,1H3. The van der Waals surface area contributed by atoms with E-state index in [1.54, 1.807) is 0 Å². The minimum Gasteiger partial charge on any atom is -0.360 e. The molecule has 1 aromatic heterocycles. The van der Waals surface area contributed by atoms with E-state index in [9.17, 15) is 0 Å². The summed E-state index contributed by atoms with van der Waals surface area (Å²) >= 11 is 0. The molecule has 4 rings (SSSR count). The number of nitrogens with zero attached hydrogens (tertiary/aromatic N) is 1. The summed E-state index contributed by atoms with van der Waals surface area (Å²) in [5.41, 5.74) is 2.10. The van der Waals surface area contributed by atoms with Gasteiger partial charge < -0.3 is 14.0 Å². The Kier molecular flexibility index (Phi) is 3.31. The fourth-order valence-electron chi connectivity index (χ4n) is 3.87. The molecule has 0 N–H and O–H groups in total.